The highest BCUT2D eigenvalue weighted by Gasteiger charge is 2.31. The molecule has 1 aliphatic heterocycles. The number of anilines is 2. The second-order valence-electron chi connectivity index (χ2n) is 7.65. The van der Waals surface area contributed by atoms with Gasteiger partial charge in [0.05, 0.1) is 4.90 Å². The van der Waals surface area contributed by atoms with Crippen molar-refractivity contribution in [1.82, 2.24) is 4.31 Å². The van der Waals surface area contributed by atoms with Crippen molar-refractivity contribution >= 4 is 33.2 Å². The van der Waals surface area contributed by atoms with Crippen LogP contribution in [0, 0.1) is 6.92 Å². The average molecular weight is 430 g/mol. The van der Waals surface area contributed by atoms with E-state index in [9.17, 15) is 18.0 Å². The number of rotatable bonds is 5. The molecule has 1 aliphatic rings. The first-order chi connectivity index (χ1) is 14.2. The summed E-state index contributed by atoms with van der Waals surface area (Å²) in [4.78, 5) is 24.1. The number of hydrogen-bond donors (Lipinski definition) is 2. The van der Waals surface area contributed by atoms with Gasteiger partial charge < -0.3 is 10.6 Å². The molecule has 1 unspecified atom stereocenters. The second-order valence-corrected chi connectivity index (χ2v) is 9.54. The molecule has 1 atom stereocenters. The Morgan fingerprint density at radius 1 is 1.07 bits per heavy atom. The lowest BCUT2D eigenvalue weighted by Crippen LogP contribution is -2.41. The minimum absolute atomic E-state index is 0.0497. The molecule has 2 aromatic rings. The molecule has 0 aliphatic carbocycles. The number of carbonyl (C=O) groups excluding carboxylic acids is 2. The van der Waals surface area contributed by atoms with Crippen LogP contribution in [-0.2, 0) is 14.8 Å². The molecule has 2 aromatic carbocycles. The zero-order valence-corrected chi connectivity index (χ0v) is 18.3. The van der Waals surface area contributed by atoms with Crippen LogP contribution in [0.25, 0.3) is 0 Å². The Bertz CT molecular complexity index is 1070. The van der Waals surface area contributed by atoms with Gasteiger partial charge in [0.1, 0.15) is 0 Å². The number of carbonyl (C=O) groups is 2. The van der Waals surface area contributed by atoms with E-state index >= 15 is 0 Å². The highest BCUT2D eigenvalue weighted by molar-refractivity contribution is 7.89. The number of hydrogen-bond acceptors (Lipinski definition) is 4. The maximum absolute atomic E-state index is 13.1. The SMILES string of the molecule is CC(=O)Nc1ccc(NC(=O)c2cccc(S(=O)(=O)N3CCCCC3C)c2)cc1C. The third kappa shape index (κ3) is 4.88. The van der Waals surface area contributed by atoms with E-state index in [1.807, 2.05) is 13.8 Å². The van der Waals surface area contributed by atoms with Gasteiger partial charge in [-0.05, 0) is 68.7 Å². The molecule has 0 radical (unpaired) electrons. The van der Waals surface area contributed by atoms with Crippen LogP contribution in [0.1, 0.15) is 49.0 Å². The summed E-state index contributed by atoms with van der Waals surface area (Å²) in [5, 5.41) is 5.51. The van der Waals surface area contributed by atoms with Crippen LogP contribution in [0.5, 0.6) is 0 Å². The molecule has 0 aromatic heterocycles. The molecule has 1 saturated heterocycles. The van der Waals surface area contributed by atoms with Crippen molar-refractivity contribution in [2.45, 2.75) is 51.0 Å². The molecule has 7 nitrogen and oxygen atoms in total. The monoisotopic (exact) mass is 429 g/mol. The fourth-order valence-electron chi connectivity index (χ4n) is 3.64. The molecule has 30 heavy (non-hydrogen) atoms. The van der Waals surface area contributed by atoms with E-state index in [-0.39, 0.29) is 22.4 Å². The Kier molecular flexibility index (Phi) is 6.58. The van der Waals surface area contributed by atoms with Crippen LogP contribution in [0.4, 0.5) is 11.4 Å². The van der Waals surface area contributed by atoms with E-state index in [1.165, 1.54) is 23.4 Å². The van der Waals surface area contributed by atoms with Crippen molar-refractivity contribution in [3.63, 3.8) is 0 Å². The number of amides is 2. The van der Waals surface area contributed by atoms with Gasteiger partial charge in [0, 0.05) is 36.4 Å². The highest BCUT2D eigenvalue weighted by atomic mass is 32.2. The number of nitrogens with one attached hydrogen (secondary N) is 2. The topological polar surface area (TPSA) is 95.6 Å². The Morgan fingerprint density at radius 3 is 2.50 bits per heavy atom. The van der Waals surface area contributed by atoms with Crippen molar-refractivity contribution in [2.24, 2.45) is 0 Å². The molecular formula is C22H27N3O4S. The first-order valence-electron chi connectivity index (χ1n) is 10.00. The van der Waals surface area contributed by atoms with Gasteiger partial charge in [-0.15, -0.1) is 0 Å². The van der Waals surface area contributed by atoms with Crippen molar-refractivity contribution < 1.29 is 18.0 Å². The second kappa shape index (κ2) is 8.97. The minimum Gasteiger partial charge on any atom is -0.326 e. The first-order valence-corrected chi connectivity index (χ1v) is 11.4. The maximum atomic E-state index is 13.1. The minimum atomic E-state index is -3.65. The van der Waals surface area contributed by atoms with Crippen LogP contribution in [-0.4, -0.2) is 37.1 Å². The van der Waals surface area contributed by atoms with Gasteiger partial charge in [0.25, 0.3) is 5.91 Å². The van der Waals surface area contributed by atoms with Crippen molar-refractivity contribution in [2.75, 3.05) is 17.2 Å². The van der Waals surface area contributed by atoms with Crippen LogP contribution < -0.4 is 10.6 Å². The summed E-state index contributed by atoms with van der Waals surface area (Å²) in [5.74, 6) is -0.568. The molecule has 2 N–H and O–H groups in total. The number of piperidine rings is 1. The normalized spacial score (nSPS) is 17.4. The molecule has 0 spiro atoms. The third-order valence-electron chi connectivity index (χ3n) is 5.24. The Hall–Kier alpha value is -2.71. The molecule has 0 bridgehead atoms. The quantitative estimate of drug-likeness (QED) is 0.756. The van der Waals surface area contributed by atoms with Crippen LogP contribution in [0.3, 0.4) is 0 Å². The Labute approximate surface area is 177 Å². The summed E-state index contributed by atoms with van der Waals surface area (Å²) < 4.78 is 27.6. The van der Waals surface area contributed by atoms with Gasteiger partial charge in [-0.2, -0.15) is 4.31 Å². The van der Waals surface area contributed by atoms with Crippen molar-refractivity contribution in [3.05, 3.63) is 53.6 Å². The Morgan fingerprint density at radius 2 is 1.83 bits per heavy atom. The molecule has 0 saturated carbocycles. The van der Waals surface area contributed by atoms with Crippen LogP contribution in [0.2, 0.25) is 0 Å². The number of aryl methyl sites for hydroxylation is 1. The summed E-state index contributed by atoms with van der Waals surface area (Å²) in [7, 11) is -3.65. The van der Waals surface area contributed by atoms with E-state index < -0.39 is 15.9 Å². The van der Waals surface area contributed by atoms with Gasteiger partial charge in [-0.3, -0.25) is 9.59 Å². The van der Waals surface area contributed by atoms with E-state index in [0.717, 1.165) is 24.8 Å². The van der Waals surface area contributed by atoms with E-state index in [4.69, 9.17) is 0 Å². The fraction of sp³-hybridized carbons (Fsp3) is 0.364. The van der Waals surface area contributed by atoms with Crippen LogP contribution in [0.15, 0.2) is 47.4 Å². The van der Waals surface area contributed by atoms with E-state index in [2.05, 4.69) is 10.6 Å². The van der Waals surface area contributed by atoms with Gasteiger partial charge >= 0.3 is 0 Å². The first kappa shape index (κ1) is 22.0. The standard InChI is InChI=1S/C22H27N3O4S/c1-15-13-19(10-11-21(15)23-17(3)26)24-22(27)18-8-6-9-20(14-18)30(28,29)25-12-5-4-7-16(25)2/h6,8-11,13-14,16H,4-5,7,12H2,1-3H3,(H,23,26)(H,24,27). The van der Waals surface area contributed by atoms with E-state index in [0.29, 0.717) is 17.9 Å². The molecule has 8 heteroatoms. The van der Waals surface area contributed by atoms with Gasteiger partial charge in [0.2, 0.25) is 15.9 Å². The van der Waals surface area contributed by atoms with Crippen LogP contribution >= 0.6 is 0 Å². The lowest BCUT2D eigenvalue weighted by Gasteiger charge is -2.32. The summed E-state index contributed by atoms with van der Waals surface area (Å²) in [6.45, 7) is 5.68. The lowest BCUT2D eigenvalue weighted by atomic mass is 10.1. The molecule has 2 amide bonds. The number of sulfonamides is 1. The zero-order valence-electron chi connectivity index (χ0n) is 17.4. The predicted molar refractivity (Wildman–Crippen MR) is 117 cm³/mol. The van der Waals surface area contributed by atoms with Gasteiger partial charge in [0.15, 0.2) is 0 Å². The van der Waals surface area contributed by atoms with E-state index in [1.54, 1.807) is 30.3 Å². The molecule has 1 heterocycles. The summed E-state index contributed by atoms with van der Waals surface area (Å²) in [6, 6.07) is 11.2. The molecular weight excluding hydrogens is 402 g/mol. The van der Waals surface area contributed by atoms with Crippen molar-refractivity contribution in [1.29, 1.82) is 0 Å². The summed E-state index contributed by atoms with van der Waals surface area (Å²) >= 11 is 0. The highest BCUT2D eigenvalue weighted by Crippen LogP contribution is 2.26. The summed E-state index contributed by atoms with van der Waals surface area (Å²) in [6.07, 6.45) is 2.71. The molecule has 1 fully saturated rings. The smallest absolute Gasteiger partial charge is 0.255 e. The molecule has 3 rings (SSSR count). The maximum Gasteiger partial charge on any atom is 0.255 e. The average Bonchev–Trinajstić information content (AvgIpc) is 2.70. The fourth-order valence-corrected chi connectivity index (χ4v) is 5.38. The zero-order chi connectivity index (χ0) is 21.9. The number of benzene rings is 2. The molecule has 160 valence electrons. The number of nitrogens with zero attached hydrogens (tertiary/aromatic N) is 1. The predicted octanol–water partition coefficient (Wildman–Crippen LogP) is 3.77. The van der Waals surface area contributed by atoms with Crippen molar-refractivity contribution in [3.8, 4) is 0 Å². The van der Waals surface area contributed by atoms with Gasteiger partial charge in [-0.1, -0.05) is 12.5 Å². The lowest BCUT2D eigenvalue weighted by molar-refractivity contribution is -0.114. The third-order valence-corrected chi connectivity index (χ3v) is 7.25. The summed E-state index contributed by atoms with van der Waals surface area (Å²) in [5.41, 5.74) is 2.30. The van der Waals surface area contributed by atoms with Gasteiger partial charge in [-0.25, -0.2) is 8.42 Å². The Balaban J connectivity index is 1.79. The largest absolute Gasteiger partial charge is 0.326 e.